The monoisotopic (exact) mass is 355 g/mol. The molecule has 1 aromatic heterocycles. The molecule has 0 unspecified atom stereocenters. The van der Waals surface area contributed by atoms with Crippen LogP contribution in [0.25, 0.3) is 22.5 Å². The van der Waals surface area contributed by atoms with Gasteiger partial charge in [0.05, 0.1) is 11.4 Å². The highest BCUT2D eigenvalue weighted by atomic mass is 16.2. The summed E-state index contributed by atoms with van der Waals surface area (Å²) in [6, 6.07) is 15.5. The molecule has 1 heterocycles. The normalized spacial score (nSPS) is 11.0. The SMILES string of the molecule is CNC(=O)CCC(=O)n1cnc2c1-c1ccccc1C#Cc1ccccc1-2. The van der Waals surface area contributed by atoms with E-state index in [2.05, 4.69) is 22.1 Å². The fourth-order valence-electron chi connectivity index (χ4n) is 3.19. The van der Waals surface area contributed by atoms with E-state index in [0.717, 1.165) is 27.9 Å². The second-order valence-electron chi connectivity index (χ2n) is 6.22. The quantitative estimate of drug-likeness (QED) is 0.575. The minimum Gasteiger partial charge on any atom is -0.359 e. The first kappa shape index (κ1) is 16.8. The van der Waals surface area contributed by atoms with Gasteiger partial charge in [0.2, 0.25) is 11.8 Å². The Morgan fingerprint density at radius 2 is 1.59 bits per heavy atom. The molecule has 0 bridgehead atoms. The summed E-state index contributed by atoms with van der Waals surface area (Å²) in [6.45, 7) is 0. The van der Waals surface area contributed by atoms with E-state index in [0.29, 0.717) is 5.69 Å². The number of benzene rings is 2. The molecule has 0 atom stereocenters. The molecule has 3 aromatic rings. The van der Waals surface area contributed by atoms with Crippen LogP contribution in [0.3, 0.4) is 0 Å². The summed E-state index contributed by atoms with van der Waals surface area (Å²) < 4.78 is 1.54. The molecule has 0 spiro atoms. The number of hydrogen-bond donors (Lipinski definition) is 1. The molecule has 4 rings (SSSR count). The first-order valence-electron chi connectivity index (χ1n) is 8.71. The Balaban J connectivity index is 1.89. The average molecular weight is 355 g/mol. The number of nitrogens with one attached hydrogen (secondary N) is 1. The minimum absolute atomic E-state index is 0.109. The zero-order valence-corrected chi connectivity index (χ0v) is 14.8. The van der Waals surface area contributed by atoms with Gasteiger partial charge < -0.3 is 5.32 Å². The fraction of sp³-hybridized carbons (Fsp3) is 0.136. The molecule has 2 aromatic carbocycles. The lowest BCUT2D eigenvalue weighted by Crippen LogP contribution is -2.20. The van der Waals surface area contributed by atoms with Crippen molar-refractivity contribution in [3.8, 4) is 34.4 Å². The third-order valence-corrected chi connectivity index (χ3v) is 4.58. The first-order chi connectivity index (χ1) is 13.2. The summed E-state index contributed by atoms with van der Waals surface area (Å²) in [5.74, 6) is 6.09. The third-order valence-electron chi connectivity index (χ3n) is 4.58. The van der Waals surface area contributed by atoms with Crippen molar-refractivity contribution in [2.24, 2.45) is 0 Å². The van der Waals surface area contributed by atoms with Crippen LogP contribution in [0.5, 0.6) is 0 Å². The maximum atomic E-state index is 12.8. The number of fused-ring (bicyclic) bond motifs is 5. The molecule has 5 nitrogen and oxygen atoms in total. The van der Waals surface area contributed by atoms with Gasteiger partial charge in [0.25, 0.3) is 0 Å². The number of nitrogens with zero attached hydrogens (tertiary/aromatic N) is 2. The number of imidazole rings is 1. The van der Waals surface area contributed by atoms with Crippen LogP contribution in [0, 0.1) is 11.8 Å². The van der Waals surface area contributed by atoms with Crippen LogP contribution >= 0.6 is 0 Å². The van der Waals surface area contributed by atoms with Crippen molar-refractivity contribution < 1.29 is 9.59 Å². The Kier molecular flexibility index (Phi) is 4.31. The summed E-state index contributed by atoms with van der Waals surface area (Å²) in [5.41, 5.74) is 4.91. The van der Waals surface area contributed by atoms with Crippen LogP contribution in [0.2, 0.25) is 0 Å². The minimum atomic E-state index is -0.173. The summed E-state index contributed by atoms with van der Waals surface area (Å²) in [4.78, 5) is 28.9. The van der Waals surface area contributed by atoms with Crippen LogP contribution in [0.15, 0.2) is 54.9 Å². The fourth-order valence-corrected chi connectivity index (χ4v) is 3.19. The van der Waals surface area contributed by atoms with Crippen LogP contribution < -0.4 is 5.32 Å². The standard InChI is InChI=1S/C22H17N3O2/c1-23-19(26)12-13-20(27)25-14-24-21-17-8-4-2-6-15(17)10-11-16-7-3-5-9-18(16)22(21)25/h2-9,14H,12-13H2,1H3,(H,23,26). The summed E-state index contributed by atoms with van der Waals surface area (Å²) in [7, 11) is 1.56. The number of aromatic nitrogens is 2. The molecule has 1 amide bonds. The van der Waals surface area contributed by atoms with Crippen molar-refractivity contribution in [1.82, 2.24) is 14.9 Å². The molecule has 1 aliphatic rings. The molecule has 0 saturated heterocycles. The van der Waals surface area contributed by atoms with Gasteiger partial charge in [-0.1, -0.05) is 48.2 Å². The Morgan fingerprint density at radius 3 is 2.30 bits per heavy atom. The van der Waals surface area contributed by atoms with Gasteiger partial charge in [-0.25, -0.2) is 4.98 Å². The molecule has 27 heavy (non-hydrogen) atoms. The maximum Gasteiger partial charge on any atom is 0.232 e. The van der Waals surface area contributed by atoms with E-state index in [9.17, 15) is 9.59 Å². The van der Waals surface area contributed by atoms with Gasteiger partial charge in [-0.2, -0.15) is 0 Å². The van der Waals surface area contributed by atoms with E-state index < -0.39 is 0 Å². The highest BCUT2D eigenvalue weighted by molar-refractivity contribution is 5.94. The van der Waals surface area contributed by atoms with E-state index >= 15 is 0 Å². The van der Waals surface area contributed by atoms with Crippen molar-refractivity contribution in [3.63, 3.8) is 0 Å². The molecule has 0 aliphatic heterocycles. The molecule has 0 radical (unpaired) electrons. The van der Waals surface area contributed by atoms with Crippen molar-refractivity contribution in [2.45, 2.75) is 12.8 Å². The van der Waals surface area contributed by atoms with Gasteiger partial charge >= 0.3 is 0 Å². The van der Waals surface area contributed by atoms with Gasteiger partial charge in [-0.05, 0) is 12.1 Å². The van der Waals surface area contributed by atoms with E-state index in [1.165, 1.54) is 6.33 Å². The molecule has 0 saturated carbocycles. The van der Waals surface area contributed by atoms with E-state index in [4.69, 9.17) is 0 Å². The van der Waals surface area contributed by atoms with E-state index in [-0.39, 0.29) is 24.7 Å². The number of carbonyl (C=O) groups excluding carboxylic acids is 2. The zero-order chi connectivity index (χ0) is 18.8. The highest BCUT2D eigenvalue weighted by Gasteiger charge is 2.23. The maximum absolute atomic E-state index is 12.8. The molecule has 0 fully saturated rings. The highest BCUT2D eigenvalue weighted by Crippen LogP contribution is 2.36. The Hall–Kier alpha value is -3.65. The lowest BCUT2D eigenvalue weighted by Gasteiger charge is -2.13. The topological polar surface area (TPSA) is 64.0 Å². The second kappa shape index (κ2) is 6.93. The summed E-state index contributed by atoms with van der Waals surface area (Å²) >= 11 is 0. The van der Waals surface area contributed by atoms with E-state index in [1.54, 1.807) is 11.6 Å². The predicted molar refractivity (Wildman–Crippen MR) is 103 cm³/mol. The predicted octanol–water partition coefficient (Wildman–Crippen LogP) is 3.10. The van der Waals surface area contributed by atoms with Crippen LogP contribution in [-0.4, -0.2) is 28.4 Å². The average Bonchev–Trinajstić information content (AvgIpc) is 3.13. The number of hydrogen-bond acceptors (Lipinski definition) is 3. The molecule has 5 heteroatoms. The Morgan fingerprint density at radius 1 is 0.963 bits per heavy atom. The second-order valence-corrected chi connectivity index (χ2v) is 6.22. The van der Waals surface area contributed by atoms with Crippen molar-refractivity contribution in [1.29, 1.82) is 0 Å². The van der Waals surface area contributed by atoms with Gasteiger partial charge in [-0.3, -0.25) is 14.2 Å². The lowest BCUT2D eigenvalue weighted by atomic mass is 9.95. The van der Waals surface area contributed by atoms with Crippen LogP contribution in [-0.2, 0) is 4.79 Å². The molecular weight excluding hydrogens is 338 g/mol. The number of amides is 1. The van der Waals surface area contributed by atoms with Gasteiger partial charge in [0.15, 0.2) is 0 Å². The van der Waals surface area contributed by atoms with Crippen LogP contribution in [0.1, 0.15) is 28.8 Å². The lowest BCUT2D eigenvalue weighted by molar-refractivity contribution is -0.120. The molecular formula is C22H17N3O2. The number of rotatable bonds is 3. The van der Waals surface area contributed by atoms with Crippen LogP contribution in [0.4, 0.5) is 0 Å². The van der Waals surface area contributed by atoms with Gasteiger partial charge in [0, 0.05) is 42.1 Å². The summed E-state index contributed by atoms with van der Waals surface area (Å²) in [6.07, 6.45) is 1.79. The first-order valence-corrected chi connectivity index (χ1v) is 8.71. The van der Waals surface area contributed by atoms with Crippen molar-refractivity contribution in [3.05, 3.63) is 66.0 Å². The van der Waals surface area contributed by atoms with Crippen molar-refractivity contribution in [2.75, 3.05) is 7.05 Å². The number of carbonyl (C=O) groups is 2. The summed E-state index contributed by atoms with van der Waals surface area (Å²) in [5, 5.41) is 2.54. The molecule has 1 aliphatic carbocycles. The molecule has 132 valence electrons. The third kappa shape index (κ3) is 3.02. The Labute approximate surface area is 157 Å². The van der Waals surface area contributed by atoms with E-state index in [1.807, 2.05) is 48.5 Å². The van der Waals surface area contributed by atoms with Crippen molar-refractivity contribution >= 4 is 11.8 Å². The molecule has 1 N–H and O–H groups in total. The van der Waals surface area contributed by atoms with Gasteiger partial charge in [-0.15, -0.1) is 0 Å². The van der Waals surface area contributed by atoms with Gasteiger partial charge in [0.1, 0.15) is 6.33 Å². The largest absolute Gasteiger partial charge is 0.359 e. The zero-order valence-electron chi connectivity index (χ0n) is 14.8. The smallest absolute Gasteiger partial charge is 0.232 e. The Bertz CT molecular complexity index is 1120.